The van der Waals surface area contributed by atoms with E-state index in [1.807, 2.05) is 11.8 Å². The van der Waals surface area contributed by atoms with E-state index >= 15 is 0 Å². The quantitative estimate of drug-likeness (QED) is 0.753. The number of hydrogen-bond donors (Lipinski definition) is 1. The van der Waals surface area contributed by atoms with Crippen molar-refractivity contribution in [3.63, 3.8) is 0 Å². The Labute approximate surface area is 117 Å². The molecule has 106 valence electrons. The van der Waals surface area contributed by atoms with Gasteiger partial charge < -0.3 is 10.2 Å². The summed E-state index contributed by atoms with van der Waals surface area (Å²) in [4.78, 5) is 7.06. The van der Waals surface area contributed by atoms with Crippen molar-refractivity contribution >= 4 is 16.9 Å². The molecule has 0 amide bonds. The molecule has 0 aromatic rings. The Hall–Kier alpha value is -0.220. The Morgan fingerprint density at radius 2 is 2.11 bits per heavy atom. The van der Waals surface area contributed by atoms with Gasteiger partial charge in [-0.25, -0.2) is 0 Å². The molecule has 0 aromatic carbocycles. The summed E-state index contributed by atoms with van der Waals surface area (Å²) in [5, 5.41) is 4.72. The van der Waals surface area contributed by atoms with E-state index in [2.05, 4.69) is 50.0 Å². The maximum atomic E-state index is 4.69. The minimum atomic E-state index is 0.614. The van der Waals surface area contributed by atoms with E-state index in [1.165, 1.54) is 12.2 Å². The van der Waals surface area contributed by atoms with Crippen LogP contribution in [-0.4, -0.2) is 48.0 Å². The fraction of sp³-hybridized carbons (Fsp3) is 0.929. The van der Waals surface area contributed by atoms with E-state index in [-0.39, 0.29) is 0 Å². The Bertz CT molecular complexity index is 264. The zero-order valence-corrected chi connectivity index (χ0v) is 13.4. The summed E-state index contributed by atoms with van der Waals surface area (Å²) >= 11 is 1.87. The first-order chi connectivity index (χ1) is 8.50. The van der Waals surface area contributed by atoms with Crippen molar-refractivity contribution < 1.29 is 0 Å². The number of nitrogens with one attached hydrogen (secondary N) is 1. The lowest BCUT2D eigenvalue weighted by molar-refractivity contribution is 0.272. The maximum Gasteiger partial charge on any atom is 0.156 e. The number of aliphatic imine (C=N–C) groups is 1. The number of rotatable bonds is 6. The molecular weight excluding hydrogens is 242 g/mol. The van der Waals surface area contributed by atoms with E-state index in [9.17, 15) is 0 Å². The topological polar surface area (TPSA) is 27.6 Å². The van der Waals surface area contributed by atoms with Crippen molar-refractivity contribution in [2.75, 3.05) is 25.9 Å². The van der Waals surface area contributed by atoms with Crippen LogP contribution in [-0.2, 0) is 0 Å². The van der Waals surface area contributed by atoms with E-state index in [0.29, 0.717) is 18.0 Å². The normalized spacial score (nSPS) is 23.1. The predicted octanol–water partition coefficient (Wildman–Crippen LogP) is 2.82. The molecule has 3 nitrogen and oxygen atoms in total. The molecule has 0 radical (unpaired) electrons. The molecule has 18 heavy (non-hydrogen) atoms. The maximum absolute atomic E-state index is 4.69. The van der Waals surface area contributed by atoms with E-state index in [0.717, 1.165) is 24.7 Å². The summed E-state index contributed by atoms with van der Waals surface area (Å²) in [5.41, 5.74) is 0. The van der Waals surface area contributed by atoms with E-state index in [4.69, 9.17) is 0 Å². The first-order valence-electron chi connectivity index (χ1n) is 7.14. The Morgan fingerprint density at radius 1 is 1.39 bits per heavy atom. The van der Waals surface area contributed by atoms with Crippen molar-refractivity contribution in [2.45, 2.75) is 52.6 Å². The van der Waals surface area contributed by atoms with Gasteiger partial charge in [-0.15, -0.1) is 0 Å². The van der Waals surface area contributed by atoms with Crippen LogP contribution in [0.3, 0.4) is 0 Å². The second-order valence-electron chi connectivity index (χ2n) is 5.75. The van der Waals surface area contributed by atoms with Crippen LogP contribution in [0.1, 0.15) is 40.5 Å². The third-order valence-corrected chi connectivity index (χ3v) is 4.55. The van der Waals surface area contributed by atoms with Crippen molar-refractivity contribution in [1.29, 1.82) is 0 Å². The molecule has 0 spiro atoms. The zero-order chi connectivity index (χ0) is 13.5. The molecular formula is C14H29N3S. The smallest absolute Gasteiger partial charge is 0.156 e. The van der Waals surface area contributed by atoms with Gasteiger partial charge in [-0.3, -0.25) is 4.99 Å². The van der Waals surface area contributed by atoms with E-state index in [1.54, 1.807) is 0 Å². The lowest BCUT2D eigenvalue weighted by Crippen LogP contribution is -2.41. The molecule has 1 saturated heterocycles. The summed E-state index contributed by atoms with van der Waals surface area (Å²) in [7, 11) is 2.18. The van der Waals surface area contributed by atoms with Gasteiger partial charge in [-0.05, 0) is 46.2 Å². The summed E-state index contributed by atoms with van der Waals surface area (Å²) in [6.07, 6.45) is 2.41. The van der Waals surface area contributed by atoms with Gasteiger partial charge in [0.05, 0.1) is 0 Å². The van der Waals surface area contributed by atoms with Crippen LogP contribution in [0, 0.1) is 5.92 Å². The van der Waals surface area contributed by atoms with Gasteiger partial charge in [-0.1, -0.05) is 25.6 Å². The molecule has 0 aliphatic carbocycles. The summed E-state index contributed by atoms with van der Waals surface area (Å²) in [6, 6.07) is 1.24. The summed E-state index contributed by atoms with van der Waals surface area (Å²) in [5.74, 6) is 1.91. The fourth-order valence-electron chi connectivity index (χ4n) is 1.91. The molecule has 1 atom stereocenters. The van der Waals surface area contributed by atoms with Crippen LogP contribution < -0.4 is 5.32 Å². The van der Waals surface area contributed by atoms with Crippen molar-refractivity contribution in [2.24, 2.45) is 10.9 Å². The predicted molar refractivity (Wildman–Crippen MR) is 83.5 cm³/mol. The molecule has 4 heteroatoms. The number of hydrogen-bond acceptors (Lipinski definition) is 3. The lowest BCUT2D eigenvalue weighted by atomic mass is 10.0. The fourth-order valence-corrected chi connectivity index (χ4v) is 2.89. The second-order valence-corrected chi connectivity index (χ2v) is 6.83. The van der Waals surface area contributed by atoms with Gasteiger partial charge >= 0.3 is 0 Å². The third kappa shape index (κ3) is 5.61. The van der Waals surface area contributed by atoms with Crippen LogP contribution in [0.4, 0.5) is 0 Å². The first-order valence-corrected chi connectivity index (χ1v) is 8.13. The van der Waals surface area contributed by atoms with E-state index < -0.39 is 0 Å². The number of thioether (sulfide) groups is 1. The molecule has 1 aliphatic rings. The molecule has 1 unspecified atom stereocenters. The van der Waals surface area contributed by atoms with Crippen molar-refractivity contribution in [3.8, 4) is 0 Å². The Kier molecular flexibility index (Phi) is 7.08. The molecule has 1 heterocycles. The highest BCUT2D eigenvalue weighted by molar-refractivity contribution is 8.13. The van der Waals surface area contributed by atoms with Crippen LogP contribution in [0.2, 0.25) is 0 Å². The molecule has 1 fully saturated rings. The van der Waals surface area contributed by atoms with Crippen LogP contribution in [0.15, 0.2) is 4.99 Å². The van der Waals surface area contributed by atoms with Gasteiger partial charge in [0.25, 0.3) is 0 Å². The van der Waals surface area contributed by atoms with Crippen molar-refractivity contribution in [3.05, 3.63) is 0 Å². The molecule has 0 saturated carbocycles. The molecule has 0 aromatic heterocycles. The standard InChI is InChI=1S/C14H29N3S/c1-11(2)13-7-10-18-14(16-13)15-8-6-9-17(5)12(3)4/h11-13H,6-10H2,1-5H3,(H,15,16). The average molecular weight is 271 g/mol. The summed E-state index contributed by atoms with van der Waals surface area (Å²) < 4.78 is 0. The SMILES string of the molecule is CC(C)C1CCSC(=NCCCN(C)C(C)C)N1. The molecule has 1 N–H and O–H groups in total. The Morgan fingerprint density at radius 3 is 2.72 bits per heavy atom. The minimum Gasteiger partial charge on any atom is -0.362 e. The van der Waals surface area contributed by atoms with Gasteiger partial charge in [0.15, 0.2) is 5.17 Å². The average Bonchev–Trinajstić information content (AvgIpc) is 2.34. The highest BCUT2D eigenvalue weighted by Crippen LogP contribution is 2.18. The summed E-state index contributed by atoms with van der Waals surface area (Å²) in [6.45, 7) is 11.1. The highest BCUT2D eigenvalue weighted by atomic mass is 32.2. The molecule has 0 bridgehead atoms. The second kappa shape index (κ2) is 8.05. The molecule has 1 rings (SSSR count). The monoisotopic (exact) mass is 271 g/mol. The van der Waals surface area contributed by atoms with Gasteiger partial charge in [-0.2, -0.15) is 0 Å². The van der Waals surface area contributed by atoms with Crippen LogP contribution in [0.25, 0.3) is 0 Å². The zero-order valence-electron chi connectivity index (χ0n) is 12.6. The third-order valence-electron chi connectivity index (χ3n) is 3.59. The highest BCUT2D eigenvalue weighted by Gasteiger charge is 2.19. The van der Waals surface area contributed by atoms with Gasteiger partial charge in [0.2, 0.25) is 0 Å². The van der Waals surface area contributed by atoms with Crippen LogP contribution >= 0.6 is 11.8 Å². The first kappa shape index (κ1) is 15.8. The molecule has 1 aliphatic heterocycles. The lowest BCUT2D eigenvalue weighted by Gasteiger charge is -2.28. The largest absolute Gasteiger partial charge is 0.362 e. The Balaban J connectivity index is 2.25. The van der Waals surface area contributed by atoms with Crippen LogP contribution in [0.5, 0.6) is 0 Å². The number of nitrogens with zero attached hydrogens (tertiary/aromatic N) is 2. The number of amidine groups is 1. The van der Waals surface area contributed by atoms with Gasteiger partial charge in [0.1, 0.15) is 0 Å². The van der Waals surface area contributed by atoms with Gasteiger partial charge in [0, 0.05) is 24.4 Å². The minimum absolute atomic E-state index is 0.614. The van der Waals surface area contributed by atoms with Crippen molar-refractivity contribution in [1.82, 2.24) is 10.2 Å².